The molecule has 2 aromatic carbocycles. The SMILES string of the molecule is CN1CCC(Cc2cc(NC(=O)c3cccnc3Nc3ccc(C=N)c(N)c3)cc(C(F)(F)F)c2)CC1. The van der Waals surface area contributed by atoms with Crippen molar-refractivity contribution in [1.29, 1.82) is 5.41 Å². The lowest BCUT2D eigenvalue weighted by molar-refractivity contribution is -0.137. The Labute approximate surface area is 213 Å². The predicted octanol–water partition coefficient (Wildman–Crippen LogP) is 5.56. The van der Waals surface area contributed by atoms with Crippen LogP contribution in [0.5, 0.6) is 0 Å². The lowest BCUT2D eigenvalue weighted by atomic mass is 9.89. The van der Waals surface area contributed by atoms with Crippen LogP contribution in [0.1, 0.15) is 39.9 Å². The van der Waals surface area contributed by atoms with E-state index in [1.807, 2.05) is 7.05 Å². The van der Waals surface area contributed by atoms with Gasteiger partial charge in [0.05, 0.1) is 11.1 Å². The van der Waals surface area contributed by atoms with E-state index in [1.165, 1.54) is 18.3 Å². The molecule has 0 bridgehead atoms. The number of nitrogens with two attached hydrogens (primary N) is 1. The maximum absolute atomic E-state index is 13.7. The Morgan fingerprint density at radius 3 is 2.59 bits per heavy atom. The van der Waals surface area contributed by atoms with Gasteiger partial charge in [-0.3, -0.25) is 4.79 Å². The summed E-state index contributed by atoms with van der Waals surface area (Å²) >= 11 is 0. The second-order valence-electron chi connectivity index (χ2n) is 9.33. The van der Waals surface area contributed by atoms with Crippen molar-refractivity contribution >= 4 is 35.0 Å². The number of nitrogens with zero attached hydrogens (tertiary/aromatic N) is 2. The van der Waals surface area contributed by atoms with Crippen molar-refractivity contribution in [3.05, 3.63) is 77.0 Å². The van der Waals surface area contributed by atoms with Crippen LogP contribution in [-0.2, 0) is 12.6 Å². The van der Waals surface area contributed by atoms with E-state index in [-0.39, 0.29) is 17.1 Å². The first-order valence-electron chi connectivity index (χ1n) is 12.0. The number of pyridine rings is 1. The second-order valence-corrected chi connectivity index (χ2v) is 9.33. The Bertz CT molecular complexity index is 1290. The van der Waals surface area contributed by atoms with Gasteiger partial charge in [-0.15, -0.1) is 0 Å². The van der Waals surface area contributed by atoms with Gasteiger partial charge >= 0.3 is 6.18 Å². The van der Waals surface area contributed by atoms with Gasteiger partial charge in [0.2, 0.25) is 0 Å². The molecule has 0 spiro atoms. The summed E-state index contributed by atoms with van der Waals surface area (Å²) in [4.78, 5) is 19.6. The molecule has 3 aromatic rings. The van der Waals surface area contributed by atoms with E-state index in [0.717, 1.165) is 38.2 Å². The number of piperidine rings is 1. The first-order chi connectivity index (χ1) is 17.6. The zero-order valence-electron chi connectivity index (χ0n) is 20.4. The Kier molecular flexibility index (Phi) is 7.77. The fraction of sp³-hybridized carbons (Fsp3) is 0.296. The molecule has 4 rings (SSSR count). The van der Waals surface area contributed by atoms with Gasteiger partial charge in [-0.25, -0.2) is 4.98 Å². The summed E-state index contributed by atoms with van der Waals surface area (Å²) in [6.45, 7) is 1.83. The molecule has 0 radical (unpaired) electrons. The van der Waals surface area contributed by atoms with Gasteiger partial charge < -0.3 is 26.7 Å². The van der Waals surface area contributed by atoms with Crippen molar-refractivity contribution in [2.24, 2.45) is 5.92 Å². The van der Waals surface area contributed by atoms with Crippen molar-refractivity contribution < 1.29 is 18.0 Å². The molecule has 0 aliphatic carbocycles. The third kappa shape index (κ3) is 6.65. The van der Waals surface area contributed by atoms with Crippen LogP contribution in [-0.4, -0.2) is 42.1 Å². The number of anilines is 4. The largest absolute Gasteiger partial charge is 0.416 e. The molecule has 1 fully saturated rings. The molecule has 0 saturated carbocycles. The summed E-state index contributed by atoms with van der Waals surface area (Å²) in [5, 5.41) is 13.0. The molecule has 7 nitrogen and oxygen atoms in total. The fourth-order valence-electron chi connectivity index (χ4n) is 4.45. The summed E-state index contributed by atoms with van der Waals surface area (Å²) < 4.78 is 41.0. The summed E-state index contributed by atoms with van der Waals surface area (Å²) in [6, 6.07) is 11.8. The van der Waals surface area contributed by atoms with Crippen LogP contribution in [0.15, 0.2) is 54.7 Å². The standard InChI is InChI=1S/C27H29F3N6O/c1-36-9-6-17(7-10-36)11-18-12-20(27(28,29)30)14-22(13-18)35-26(37)23-3-2-8-33-25(23)34-21-5-4-19(16-31)24(32)15-21/h2-5,8,12-17,31H,6-7,9-11,32H2,1H3,(H,33,34)(H,35,37). The molecule has 1 amide bonds. The van der Waals surface area contributed by atoms with Gasteiger partial charge in [0.15, 0.2) is 0 Å². The van der Waals surface area contributed by atoms with Gasteiger partial charge in [0, 0.05) is 35.0 Å². The Morgan fingerprint density at radius 1 is 1.16 bits per heavy atom. The van der Waals surface area contributed by atoms with E-state index in [9.17, 15) is 18.0 Å². The number of nitrogens with one attached hydrogen (secondary N) is 3. The second kappa shape index (κ2) is 11.0. The van der Waals surface area contributed by atoms with Crippen LogP contribution < -0.4 is 16.4 Å². The highest BCUT2D eigenvalue weighted by Gasteiger charge is 2.32. The number of carbonyl (C=O) groups is 1. The lowest BCUT2D eigenvalue weighted by Crippen LogP contribution is -2.31. The summed E-state index contributed by atoms with van der Waals surface area (Å²) in [6.07, 6.45) is 0.460. The molecule has 1 aliphatic heterocycles. The molecule has 1 saturated heterocycles. The summed E-state index contributed by atoms with van der Waals surface area (Å²) in [7, 11) is 2.04. The van der Waals surface area contributed by atoms with Crippen LogP contribution in [0.2, 0.25) is 0 Å². The number of alkyl halides is 3. The molecule has 1 aliphatic rings. The van der Waals surface area contributed by atoms with Crippen LogP contribution in [0.4, 0.5) is 36.1 Å². The van der Waals surface area contributed by atoms with Crippen molar-refractivity contribution in [1.82, 2.24) is 9.88 Å². The molecule has 0 atom stereocenters. The average Bonchev–Trinajstić information content (AvgIpc) is 2.85. The van der Waals surface area contributed by atoms with Gasteiger partial charge in [0.1, 0.15) is 5.82 Å². The van der Waals surface area contributed by atoms with Gasteiger partial charge in [0.25, 0.3) is 5.91 Å². The summed E-state index contributed by atoms with van der Waals surface area (Å²) in [5.41, 5.74) is 7.41. The van der Waals surface area contributed by atoms with Crippen molar-refractivity contribution in [2.45, 2.75) is 25.4 Å². The Morgan fingerprint density at radius 2 is 1.92 bits per heavy atom. The highest BCUT2D eigenvalue weighted by atomic mass is 19.4. The minimum atomic E-state index is -4.54. The molecular weight excluding hydrogens is 481 g/mol. The summed E-state index contributed by atoms with van der Waals surface area (Å²) in [5.74, 6) is -0.0754. The Balaban J connectivity index is 1.57. The maximum Gasteiger partial charge on any atom is 0.416 e. The number of carbonyl (C=O) groups excluding carboxylic acids is 1. The van der Waals surface area contributed by atoms with E-state index >= 15 is 0 Å². The molecule has 37 heavy (non-hydrogen) atoms. The number of halogens is 3. The first-order valence-corrected chi connectivity index (χ1v) is 12.0. The molecular formula is C27H29F3N6O. The normalized spacial score (nSPS) is 14.8. The quantitative estimate of drug-likeness (QED) is 0.246. The van der Waals surface area contributed by atoms with Crippen molar-refractivity contribution in [3.8, 4) is 0 Å². The van der Waals surface area contributed by atoms with Gasteiger partial charge in [-0.1, -0.05) is 0 Å². The van der Waals surface area contributed by atoms with E-state index in [4.69, 9.17) is 11.1 Å². The van der Waals surface area contributed by atoms with E-state index in [0.29, 0.717) is 34.8 Å². The topological polar surface area (TPSA) is 107 Å². The third-order valence-electron chi connectivity index (χ3n) is 6.50. The third-order valence-corrected chi connectivity index (χ3v) is 6.50. The van der Waals surface area contributed by atoms with Crippen molar-refractivity contribution in [2.75, 3.05) is 36.5 Å². The van der Waals surface area contributed by atoms with Crippen LogP contribution in [0, 0.1) is 11.3 Å². The highest BCUT2D eigenvalue weighted by Crippen LogP contribution is 2.34. The number of amides is 1. The highest BCUT2D eigenvalue weighted by molar-refractivity contribution is 6.08. The van der Waals surface area contributed by atoms with E-state index < -0.39 is 17.6 Å². The minimum absolute atomic E-state index is 0.0807. The number of rotatable bonds is 7. The number of hydrogen-bond acceptors (Lipinski definition) is 6. The van der Waals surface area contributed by atoms with E-state index in [1.54, 1.807) is 30.3 Å². The number of aromatic nitrogens is 1. The van der Waals surface area contributed by atoms with Crippen LogP contribution in [0.3, 0.4) is 0 Å². The van der Waals surface area contributed by atoms with Crippen molar-refractivity contribution in [3.63, 3.8) is 0 Å². The molecule has 2 heterocycles. The smallest absolute Gasteiger partial charge is 0.398 e. The lowest BCUT2D eigenvalue weighted by Gasteiger charge is -2.29. The number of likely N-dealkylation sites (tertiary alicyclic amines) is 1. The van der Waals surface area contributed by atoms with E-state index in [2.05, 4.69) is 20.5 Å². The zero-order chi connectivity index (χ0) is 26.6. The molecule has 10 heteroatoms. The predicted molar refractivity (Wildman–Crippen MR) is 140 cm³/mol. The first kappa shape index (κ1) is 26.2. The van der Waals surface area contributed by atoms with Gasteiger partial charge in [-0.05, 0) is 99.4 Å². The average molecular weight is 511 g/mol. The number of hydrogen-bond donors (Lipinski definition) is 4. The fourth-order valence-corrected chi connectivity index (χ4v) is 4.45. The van der Waals surface area contributed by atoms with Crippen LogP contribution >= 0.6 is 0 Å². The van der Waals surface area contributed by atoms with Gasteiger partial charge in [-0.2, -0.15) is 13.2 Å². The monoisotopic (exact) mass is 510 g/mol. The maximum atomic E-state index is 13.7. The molecule has 1 aromatic heterocycles. The Hall–Kier alpha value is -3.92. The zero-order valence-corrected chi connectivity index (χ0v) is 20.4. The molecule has 5 N–H and O–H groups in total. The minimum Gasteiger partial charge on any atom is -0.398 e. The van der Waals surface area contributed by atoms with Crippen LogP contribution in [0.25, 0.3) is 0 Å². The molecule has 194 valence electrons. The molecule has 0 unspecified atom stereocenters. The number of nitrogen functional groups attached to an aromatic ring is 1. The number of benzene rings is 2.